The van der Waals surface area contributed by atoms with E-state index >= 15 is 0 Å². The quantitative estimate of drug-likeness (QED) is 0.348. The van der Waals surface area contributed by atoms with Gasteiger partial charge in [0.15, 0.2) is 0 Å². The molecule has 0 aliphatic carbocycles. The van der Waals surface area contributed by atoms with Crippen LogP contribution < -0.4 is 9.64 Å². The normalized spacial score (nSPS) is 15.0. The number of aromatic hydroxyl groups is 1. The number of hydrogen-bond acceptors (Lipinski definition) is 7. The Morgan fingerprint density at radius 2 is 1.91 bits per heavy atom. The van der Waals surface area contributed by atoms with Crippen LogP contribution >= 0.6 is 23.4 Å². The molecule has 0 radical (unpaired) electrons. The lowest BCUT2D eigenvalue weighted by atomic mass is 10.1. The van der Waals surface area contributed by atoms with Crippen LogP contribution in [-0.4, -0.2) is 54.2 Å². The molecule has 1 atom stereocenters. The van der Waals surface area contributed by atoms with E-state index in [2.05, 4.69) is 18.7 Å². The third-order valence-corrected chi connectivity index (χ3v) is 7.02. The minimum absolute atomic E-state index is 0.103. The molecule has 1 aliphatic rings. The fourth-order valence-corrected chi connectivity index (χ4v) is 5.50. The van der Waals surface area contributed by atoms with Crippen molar-refractivity contribution in [2.45, 2.75) is 50.4 Å². The Morgan fingerprint density at radius 1 is 1.15 bits per heavy atom. The highest BCUT2D eigenvalue weighted by Gasteiger charge is 2.36. The number of carbonyl (C=O) groups excluding carboxylic acids is 2. The first-order chi connectivity index (χ1) is 16.2. The lowest BCUT2D eigenvalue weighted by molar-refractivity contribution is -0.141. The molecule has 1 amide bonds. The number of amides is 1. The third kappa shape index (κ3) is 6.58. The molecule has 2 aromatic rings. The van der Waals surface area contributed by atoms with Gasteiger partial charge in [0.25, 0.3) is 0 Å². The number of benzene rings is 2. The van der Waals surface area contributed by atoms with Gasteiger partial charge in [0.1, 0.15) is 23.5 Å². The van der Waals surface area contributed by atoms with Gasteiger partial charge < -0.3 is 14.6 Å². The Kier molecular flexibility index (Phi) is 9.10. The number of nitrogens with zero attached hydrogens (tertiary/aromatic N) is 2. The van der Waals surface area contributed by atoms with Crippen LogP contribution in [0.1, 0.15) is 45.1 Å². The number of esters is 1. The van der Waals surface area contributed by atoms with Crippen molar-refractivity contribution in [2.24, 2.45) is 0 Å². The maximum absolute atomic E-state index is 12.5. The summed E-state index contributed by atoms with van der Waals surface area (Å²) in [6.07, 6.45) is 0.767. The molecule has 0 fully saturated rings. The Labute approximate surface area is 210 Å². The van der Waals surface area contributed by atoms with Crippen molar-refractivity contribution in [1.29, 1.82) is 0 Å². The number of fused-ring (bicyclic) bond motifs is 1. The minimum Gasteiger partial charge on any atom is -0.508 e. The van der Waals surface area contributed by atoms with Gasteiger partial charge in [-0.3, -0.25) is 19.4 Å². The summed E-state index contributed by atoms with van der Waals surface area (Å²) in [6, 6.07) is 10.7. The van der Waals surface area contributed by atoms with E-state index in [0.717, 1.165) is 29.1 Å². The number of halogens is 1. The summed E-state index contributed by atoms with van der Waals surface area (Å²) in [5.41, 5.74) is 1.52. The molecule has 7 nitrogen and oxygen atoms in total. The first-order valence-corrected chi connectivity index (χ1v) is 12.5. The lowest BCUT2D eigenvalue weighted by Crippen LogP contribution is -2.35. The molecule has 1 aliphatic heterocycles. The number of phenolic OH excluding ortho intramolecular Hbond substituents is 1. The molecule has 1 heterocycles. The van der Waals surface area contributed by atoms with E-state index in [1.165, 1.54) is 25.6 Å². The first kappa shape index (κ1) is 26.2. The number of hydrogen-bond donors (Lipinski definition) is 1. The summed E-state index contributed by atoms with van der Waals surface area (Å²) < 4.78 is 11.2. The monoisotopic (exact) mass is 506 g/mol. The molecule has 3 rings (SSSR count). The Morgan fingerprint density at radius 3 is 2.59 bits per heavy atom. The first-order valence-electron chi connectivity index (χ1n) is 11.3. The SMILES string of the molecule is CC(=O)OCCN(CCCOc1ccc(O)cc1C1Sc2cc(Cl)ccc2N1C(C)=O)C(C)C. The highest BCUT2D eigenvalue weighted by atomic mass is 35.5. The molecular formula is C25H31ClN2O5S. The number of carbonyl (C=O) groups is 2. The van der Waals surface area contributed by atoms with E-state index in [1.54, 1.807) is 29.2 Å². The molecule has 2 aromatic carbocycles. The van der Waals surface area contributed by atoms with Crippen LogP contribution in [0, 0.1) is 0 Å². The van der Waals surface area contributed by atoms with E-state index < -0.39 is 0 Å². The number of anilines is 1. The predicted octanol–water partition coefficient (Wildman–Crippen LogP) is 5.25. The summed E-state index contributed by atoms with van der Waals surface area (Å²) in [5, 5.41) is 10.4. The predicted molar refractivity (Wildman–Crippen MR) is 135 cm³/mol. The molecule has 1 unspecified atom stereocenters. The molecule has 9 heteroatoms. The standard InChI is InChI=1S/C25H31ClN2O5S/c1-16(2)27(11-13-32-18(4)30)10-5-12-33-23-9-7-20(31)15-21(23)25-28(17(3)29)22-8-6-19(26)14-24(22)34-25/h6-9,14-16,25,31H,5,10-13H2,1-4H3. The van der Waals surface area contributed by atoms with Gasteiger partial charge in [-0.15, -0.1) is 0 Å². The zero-order valence-corrected chi connectivity index (χ0v) is 21.5. The fourth-order valence-electron chi connectivity index (χ4n) is 3.86. The van der Waals surface area contributed by atoms with Crippen molar-refractivity contribution in [2.75, 3.05) is 31.2 Å². The Balaban J connectivity index is 1.69. The number of thioether (sulfide) groups is 1. The van der Waals surface area contributed by atoms with Gasteiger partial charge in [0, 0.05) is 48.5 Å². The second-order valence-corrected chi connectivity index (χ2v) is 9.92. The van der Waals surface area contributed by atoms with Crippen molar-refractivity contribution in [3.8, 4) is 11.5 Å². The molecule has 1 N–H and O–H groups in total. The maximum Gasteiger partial charge on any atom is 0.302 e. The van der Waals surface area contributed by atoms with Crippen molar-refractivity contribution < 1.29 is 24.2 Å². The molecule has 0 saturated heterocycles. The zero-order valence-electron chi connectivity index (χ0n) is 19.9. The van der Waals surface area contributed by atoms with Crippen LogP contribution in [0.5, 0.6) is 11.5 Å². The Hall–Kier alpha value is -2.42. The summed E-state index contributed by atoms with van der Waals surface area (Å²) in [7, 11) is 0. The van der Waals surface area contributed by atoms with E-state index in [4.69, 9.17) is 21.1 Å². The summed E-state index contributed by atoms with van der Waals surface area (Å²) >= 11 is 7.67. The molecule has 0 spiro atoms. The smallest absolute Gasteiger partial charge is 0.302 e. The minimum atomic E-state index is -0.371. The van der Waals surface area contributed by atoms with E-state index in [0.29, 0.717) is 36.6 Å². The van der Waals surface area contributed by atoms with Gasteiger partial charge in [-0.25, -0.2) is 0 Å². The second-order valence-electron chi connectivity index (χ2n) is 8.37. The van der Waals surface area contributed by atoms with E-state index in [9.17, 15) is 14.7 Å². The van der Waals surface area contributed by atoms with Crippen LogP contribution in [0.2, 0.25) is 5.02 Å². The number of ether oxygens (including phenoxy) is 2. The summed E-state index contributed by atoms with van der Waals surface area (Å²) in [4.78, 5) is 28.4. The molecule has 0 saturated carbocycles. The number of rotatable bonds is 10. The van der Waals surface area contributed by atoms with Gasteiger partial charge >= 0.3 is 5.97 Å². The van der Waals surface area contributed by atoms with Crippen LogP contribution in [-0.2, 0) is 14.3 Å². The van der Waals surface area contributed by atoms with E-state index in [1.807, 2.05) is 12.1 Å². The summed E-state index contributed by atoms with van der Waals surface area (Å²) in [6.45, 7) is 9.41. The molecule has 0 aromatic heterocycles. The molecular weight excluding hydrogens is 476 g/mol. The van der Waals surface area contributed by atoms with Gasteiger partial charge in [-0.05, 0) is 56.7 Å². The van der Waals surface area contributed by atoms with Gasteiger partial charge in [-0.1, -0.05) is 23.4 Å². The highest BCUT2D eigenvalue weighted by molar-refractivity contribution is 8.00. The molecule has 0 bridgehead atoms. The highest BCUT2D eigenvalue weighted by Crippen LogP contribution is 2.54. The van der Waals surface area contributed by atoms with Crippen molar-refractivity contribution >= 4 is 40.9 Å². The zero-order chi connectivity index (χ0) is 24.8. The number of phenols is 1. The largest absolute Gasteiger partial charge is 0.508 e. The van der Waals surface area contributed by atoms with Gasteiger partial charge in [-0.2, -0.15) is 0 Å². The maximum atomic E-state index is 12.5. The topological polar surface area (TPSA) is 79.3 Å². The van der Waals surface area contributed by atoms with Crippen LogP contribution in [0.3, 0.4) is 0 Å². The van der Waals surface area contributed by atoms with Crippen molar-refractivity contribution in [1.82, 2.24) is 4.90 Å². The second kappa shape index (κ2) is 11.8. The average Bonchev–Trinajstić information content (AvgIpc) is 3.14. The third-order valence-electron chi connectivity index (χ3n) is 5.51. The van der Waals surface area contributed by atoms with Crippen molar-refractivity contribution in [3.63, 3.8) is 0 Å². The van der Waals surface area contributed by atoms with Gasteiger partial charge in [0.2, 0.25) is 5.91 Å². The lowest BCUT2D eigenvalue weighted by Gasteiger charge is -2.27. The van der Waals surface area contributed by atoms with Gasteiger partial charge in [0.05, 0.1) is 12.3 Å². The van der Waals surface area contributed by atoms with Crippen LogP contribution in [0.15, 0.2) is 41.3 Å². The summed E-state index contributed by atoms with van der Waals surface area (Å²) in [5.74, 6) is 0.349. The fraction of sp³-hybridized carbons (Fsp3) is 0.440. The van der Waals surface area contributed by atoms with Crippen molar-refractivity contribution in [3.05, 3.63) is 47.0 Å². The average molecular weight is 507 g/mol. The molecule has 184 valence electrons. The Bertz CT molecular complexity index is 1030. The van der Waals surface area contributed by atoms with E-state index in [-0.39, 0.29) is 23.0 Å². The molecule has 34 heavy (non-hydrogen) atoms. The van der Waals surface area contributed by atoms with Crippen LogP contribution in [0.4, 0.5) is 5.69 Å². The van der Waals surface area contributed by atoms with Crippen LogP contribution in [0.25, 0.3) is 0 Å².